The van der Waals surface area contributed by atoms with Crippen LogP contribution in [0.4, 0.5) is 0 Å². The predicted octanol–water partition coefficient (Wildman–Crippen LogP) is 1.61. The van der Waals surface area contributed by atoms with Gasteiger partial charge in [0.25, 0.3) is 0 Å². The van der Waals surface area contributed by atoms with Gasteiger partial charge in [-0.1, -0.05) is 12.2 Å². The molecular formula is C11H16O4. The Kier molecular flexibility index (Phi) is 3.88. The molecule has 4 nitrogen and oxygen atoms in total. The van der Waals surface area contributed by atoms with Gasteiger partial charge in [-0.15, -0.1) is 0 Å². The molecule has 84 valence electrons. The van der Waals surface area contributed by atoms with Crippen LogP contribution >= 0.6 is 0 Å². The van der Waals surface area contributed by atoms with Crippen molar-refractivity contribution in [2.45, 2.75) is 25.7 Å². The number of hydrogen-bond acceptors (Lipinski definition) is 3. The minimum atomic E-state index is -0.806. The Bertz CT molecular complexity index is 282. The highest BCUT2D eigenvalue weighted by molar-refractivity contribution is 5.70. The second kappa shape index (κ2) is 4.96. The van der Waals surface area contributed by atoms with Crippen molar-refractivity contribution in [3.8, 4) is 0 Å². The SMILES string of the molecule is C=C1C(CC(=O)O)CCC1CC(=O)OC. The molecule has 1 rings (SSSR count). The largest absolute Gasteiger partial charge is 0.481 e. The Morgan fingerprint density at radius 3 is 2.40 bits per heavy atom. The Labute approximate surface area is 88.9 Å². The van der Waals surface area contributed by atoms with Crippen LogP contribution < -0.4 is 0 Å². The zero-order chi connectivity index (χ0) is 11.4. The zero-order valence-electron chi connectivity index (χ0n) is 8.86. The van der Waals surface area contributed by atoms with Crippen molar-refractivity contribution in [1.29, 1.82) is 0 Å². The molecule has 0 aliphatic heterocycles. The zero-order valence-corrected chi connectivity index (χ0v) is 8.86. The van der Waals surface area contributed by atoms with E-state index in [1.165, 1.54) is 7.11 Å². The number of allylic oxidation sites excluding steroid dienone is 1. The first-order valence-electron chi connectivity index (χ1n) is 5.02. The molecule has 0 aromatic heterocycles. The van der Waals surface area contributed by atoms with Crippen molar-refractivity contribution >= 4 is 11.9 Å². The molecule has 1 N–H and O–H groups in total. The second-order valence-corrected chi connectivity index (χ2v) is 3.92. The van der Waals surface area contributed by atoms with Gasteiger partial charge < -0.3 is 9.84 Å². The van der Waals surface area contributed by atoms with Gasteiger partial charge in [-0.05, 0) is 24.7 Å². The molecule has 4 heteroatoms. The molecule has 1 aliphatic rings. The highest BCUT2D eigenvalue weighted by Crippen LogP contribution is 2.39. The third kappa shape index (κ3) is 3.08. The number of esters is 1. The first kappa shape index (κ1) is 11.8. The lowest BCUT2D eigenvalue weighted by molar-refractivity contribution is -0.141. The normalized spacial score (nSPS) is 25.3. The van der Waals surface area contributed by atoms with Gasteiger partial charge >= 0.3 is 11.9 Å². The molecule has 1 fully saturated rings. The molecule has 0 aromatic rings. The number of carbonyl (C=O) groups is 2. The molecule has 2 unspecified atom stereocenters. The van der Waals surface area contributed by atoms with Crippen LogP contribution in [0, 0.1) is 11.8 Å². The summed E-state index contributed by atoms with van der Waals surface area (Å²) in [6.45, 7) is 3.89. The van der Waals surface area contributed by atoms with Crippen molar-refractivity contribution in [1.82, 2.24) is 0 Å². The fourth-order valence-corrected chi connectivity index (χ4v) is 2.07. The summed E-state index contributed by atoms with van der Waals surface area (Å²) < 4.78 is 4.58. The average Bonchev–Trinajstić information content (AvgIpc) is 2.49. The van der Waals surface area contributed by atoms with Gasteiger partial charge in [0.05, 0.1) is 20.0 Å². The summed E-state index contributed by atoms with van der Waals surface area (Å²) in [5.74, 6) is -0.934. The molecule has 0 heterocycles. The van der Waals surface area contributed by atoms with Crippen molar-refractivity contribution < 1.29 is 19.4 Å². The van der Waals surface area contributed by atoms with Crippen LogP contribution in [0.3, 0.4) is 0 Å². The van der Waals surface area contributed by atoms with E-state index < -0.39 is 5.97 Å². The minimum absolute atomic E-state index is 0.0251. The number of aliphatic carboxylic acids is 1. The molecule has 15 heavy (non-hydrogen) atoms. The van der Waals surface area contributed by atoms with Crippen molar-refractivity contribution in [2.24, 2.45) is 11.8 Å². The van der Waals surface area contributed by atoms with E-state index in [1.807, 2.05) is 0 Å². The summed E-state index contributed by atoms with van der Waals surface area (Å²) in [6.07, 6.45) is 2.10. The fraction of sp³-hybridized carbons (Fsp3) is 0.636. The maximum atomic E-state index is 11.1. The number of carboxylic acid groups (broad SMARTS) is 1. The van der Waals surface area contributed by atoms with E-state index in [1.54, 1.807) is 0 Å². The minimum Gasteiger partial charge on any atom is -0.481 e. The smallest absolute Gasteiger partial charge is 0.306 e. The highest BCUT2D eigenvalue weighted by Gasteiger charge is 2.31. The predicted molar refractivity (Wildman–Crippen MR) is 54.2 cm³/mol. The molecule has 0 spiro atoms. The Morgan fingerprint density at radius 2 is 1.93 bits per heavy atom. The number of rotatable bonds is 4. The fourth-order valence-electron chi connectivity index (χ4n) is 2.07. The van der Waals surface area contributed by atoms with Crippen LogP contribution in [0.1, 0.15) is 25.7 Å². The van der Waals surface area contributed by atoms with Gasteiger partial charge in [0.1, 0.15) is 0 Å². The van der Waals surface area contributed by atoms with Crippen LogP contribution in [-0.4, -0.2) is 24.2 Å². The van der Waals surface area contributed by atoms with E-state index in [0.717, 1.165) is 18.4 Å². The standard InChI is InChI=1S/C11H16O4/c1-7-8(5-10(12)13)3-4-9(7)6-11(14)15-2/h8-9H,1,3-6H2,2H3,(H,12,13). The van der Waals surface area contributed by atoms with E-state index in [9.17, 15) is 9.59 Å². The lowest BCUT2D eigenvalue weighted by Gasteiger charge is -2.12. The third-order valence-electron chi connectivity index (χ3n) is 2.97. The van der Waals surface area contributed by atoms with E-state index in [2.05, 4.69) is 11.3 Å². The van der Waals surface area contributed by atoms with Crippen LogP contribution in [0.25, 0.3) is 0 Å². The summed E-state index contributed by atoms with van der Waals surface area (Å²) in [5.41, 5.74) is 0.891. The van der Waals surface area contributed by atoms with E-state index in [4.69, 9.17) is 5.11 Å². The molecule has 0 aromatic carbocycles. The molecule has 1 saturated carbocycles. The van der Waals surface area contributed by atoms with Crippen LogP contribution in [0.5, 0.6) is 0 Å². The summed E-state index contributed by atoms with van der Waals surface area (Å²) in [7, 11) is 1.36. The Morgan fingerprint density at radius 1 is 1.40 bits per heavy atom. The summed E-state index contributed by atoms with van der Waals surface area (Å²) in [4.78, 5) is 21.6. The van der Waals surface area contributed by atoms with Gasteiger partial charge in [-0.25, -0.2) is 0 Å². The van der Waals surface area contributed by atoms with Gasteiger partial charge in [0.15, 0.2) is 0 Å². The Balaban J connectivity index is 2.49. The van der Waals surface area contributed by atoms with Crippen molar-refractivity contribution in [2.75, 3.05) is 7.11 Å². The molecule has 0 bridgehead atoms. The number of carboxylic acids is 1. The van der Waals surface area contributed by atoms with Crippen LogP contribution in [0.2, 0.25) is 0 Å². The van der Waals surface area contributed by atoms with Gasteiger partial charge in [-0.3, -0.25) is 9.59 Å². The quantitative estimate of drug-likeness (QED) is 0.568. The van der Waals surface area contributed by atoms with Gasteiger partial charge in [-0.2, -0.15) is 0 Å². The first-order valence-corrected chi connectivity index (χ1v) is 5.02. The maximum absolute atomic E-state index is 11.1. The summed E-state index contributed by atoms with van der Waals surface area (Å²) in [5, 5.41) is 8.67. The topological polar surface area (TPSA) is 63.6 Å². The summed E-state index contributed by atoms with van der Waals surface area (Å²) in [6, 6.07) is 0. The van der Waals surface area contributed by atoms with E-state index in [0.29, 0.717) is 6.42 Å². The molecule has 0 amide bonds. The van der Waals surface area contributed by atoms with E-state index in [-0.39, 0.29) is 24.2 Å². The monoisotopic (exact) mass is 212 g/mol. The number of methoxy groups -OCH3 is 1. The number of ether oxygens (including phenoxy) is 1. The van der Waals surface area contributed by atoms with Crippen LogP contribution in [0.15, 0.2) is 12.2 Å². The van der Waals surface area contributed by atoms with Gasteiger partial charge in [0.2, 0.25) is 0 Å². The van der Waals surface area contributed by atoms with Crippen molar-refractivity contribution in [3.05, 3.63) is 12.2 Å². The average molecular weight is 212 g/mol. The van der Waals surface area contributed by atoms with E-state index >= 15 is 0 Å². The van der Waals surface area contributed by atoms with Crippen LogP contribution in [-0.2, 0) is 14.3 Å². The maximum Gasteiger partial charge on any atom is 0.306 e. The summed E-state index contributed by atoms with van der Waals surface area (Å²) >= 11 is 0. The number of hydrogen-bond donors (Lipinski definition) is 1. The molecular weight excluding hydrogens is 196 g/mol. The van der Waals surface area contributed by atoms with Gasteiger partial charge in [0, 0.05) is 0 Å². The van der Waals surface area contributed by atoms with Crippen molar-refractivity contribution in [3.63, 3.8) is 0 Å². The lowest BCUT2D eigenvalue weighted by Crippen LogP contribution is -2.11. The third-order valence-corrected chi connectivity index (χ3v) is 2.97. The second-order valence-electron chi connectivity index (χ2n) is 3.92. The lowest BCUT2D eigenvalue weighted by atomic mass is 9.94. The number of carbonyl (C=O) groups excluding carboxylic acids is 1. The molecule has 0 saturated heterocycles. The molecule has 0 radical (unpaired) electrons. The highest BCUT2D eigenvalue weighted by atomic mass is 16.5. The Hall–Kier alpha value is -1.32. The molecule has 2 atom stereocenters. The first-order chi connectivity index (χ1) is 7.04. The molecule has 1 aliphatic carbocycles.